The second kappa shape index (κ2) is 5.11. The lowest BCUT2D eigenvalue weighted by molar-refractivity contribution is 0.0815. The van der Waals surface area contributed by atoms with Gasteiger partial charge in [-0.15, -0.1) is 0 Å². The Kier molecular flexibility index (Phi) is 3.25. The van der Waals surface area contributed by atoms with E-state index in [0.29, 0.717) is 18.4 Å². The van der Waals surface area contributed by atoms with Crippen LogP contribution >= 0.6 is 0 Å². The molecule has 0 N–H and O–H groups in total. The molecule has 2 aromatic rings. The summed E-state index contributed by atoms with van der Waals surface area (Å²) in [5.41, 5.74) is 1.41. The van der Waals surface area contributed by atoms with Gasteiger partial charge in [0.25, 0.3) is 10.0 Å². The molecule has 0 amide bonds. The number of carbonyl (C=O) groups is 2. The molecule has 0 radical (unpaired) electrons. The SMILES string of the molecule is Cc1c2c(nn1S(=O)(=O)C1CCCC1)-c1ccccc1C(=O)C2=O. The molecular weight excluding hydrogens is 328 g/mol. The highest BCUT2D eigenvalue weighted by Crippen LogP contribution is 2.36. The second-order valence-corrected chi connectivity index (χ2v) is 8.35. The summed E-state index contributed by atoms with van der Waals surface area (Å²) in [6.07, 6.45) is 2.97. The van der Waals surface area contributed by atoms with Crippen molar-refractivity contribution in [2.75, 3.05) is 0 Å². The topological polar surface area (TPSA) is 86.1 Å². The highest BCUT2D eigenvalue weighted by molar-refractivity contribution is 7.90. The average molecular weight is 344 g/mol. The van der Waals surface area contributed by atoms with Crippen molar-refractivity contribution in [2.24, 2.45) is 0 Å². The first kappa shape index (κ1) is 15.3. The minimum atomic E-state index is -3.66. The standard InChI is InChI=1S/C17H16N2O4S/c1-10-14-15(12-8-4-5-9-13(12)16(20)17(14)21)18-19(10)24(22,23)11-6-2-3-7-11/h4-5,8-9,11H,2-3,6-7H2,1H3. The van der Waals surface area contributed by atoms with Crippen LogP contribution in [0.2, 0.25) is 0 Å². The molecule has 2 aliphatic rings. The monoisotopic (exact) mass is 344 g/mol. The highest BCUT2D eigenvalue weighted by atomic mass is 32.2. The maximum Gasteiger partial charge on any atom is 0.256 e. The molecule has 4 rings (SSSR count). The van der Waals surface area contributed by atoms with Gasteiger partial charge in [-0.25, -0.2) is 8.42 Å². The predicted molar refractivity (Wildman–Crippen MR) is 87.6 cm³/mol. The maximum atomic E-state index is 12.9. The highest BCUT2D eigenvalue weighted by Gasteiger charge is 2.39. The summed E-state index contributed by atoms with van der Waals surface area (Å²) in [6.45, 7) is 1.54. The van der Waals surface area contributed by atoms with Crippen LogP contribution in [0.1, 0.15) is 52.1 Å². The number of ketones is 2. The van der Waals surface area contributed by atoms with Crippen LogP contribution in [0.15, 0.2) is 24.3 Å². The number of Topliss-reactive ketones (excluding diaryl/α,β-unsaturated/α-hetero) is 2. The molecule has 1 aromatic heterocycles. The van der Waals surface area contributed by atoms with Gasteiger partial charge in [-0.3, -0.25) is 9.59 Å². The summed E-state index contributed by atoms with van der Waals surface area (Å²) in [7, 11) is -3.66. The van der Waals surface area contributed by atoms with Gasteiger partial charge in [0.05, 0.1) is 16.5 Å². The van der Waals surface area contributed by atoms with Crippen molar-refractivity contribution < 1.29 is 18.0 Å². The molecule has 0 spiro atoms. The molecule has 0 aliphatic heterocycles. The molecule has 2 aliphatic carbocycles. The Morgan fingerprint density at radius 3 is 2.33 bits per heavy atom. The van der Waals surface area contributed by atoms with Crippen LogP contribution in [-0.4, -0.2) is 34.4 Å². The number of carbonyl (C=O) groups excluding carboxylic acids is 2. The quantitative estimate of drug-likeness (QED) is 0.781. The van der Waals surface area contributed by atoms with Crippen molar-refractivity contribution in [3.63, 3.8) is 0 Å². The Labute approximate surface area is 139 Å². The Balaban J connectivity index is 1.96. The zero-order valence-electron chi connectivity index (χ0n) is 13.2. The molecule has 0 bridgehead atoms. The van der Waals surface area contributed by atoms with E-state index in [1.54, 1.807) is 24.3 Å². The van der Waals surface area contributed by atoms with Gasteiger partial charge in [0.1, 0.15) is 5.69 Å². The average Bonchev–Trinajstić information content (AvgIpc) is 3.21. The van der Waals surface area contributed by atoms with E-state index in [2.05, 4.69) is 5.10 Å². The number of aromatic nitrogens is 2. The van der Waals surface area contributed by atoms with Crippen molar-refractivity contribution in [3.05, 3.63) is 41.1 Å². The number of fused-ring (bicyclic) bond motifs is 3. The van der Waals surface area contributed by atoms with Gasteiger partial charge in [0.15, 0.2) is 0 Å². The van der Waals surface area contributed by atoms with E-state index in [0.717, 1.165) is 16.9 Å². The molecule has 7 heteroatoms. The molecule has 24 heavy (non-hydrogen) atoms. The van der Waals surface area contributed by atoms with Gasteiger partial charge < -0.3 is 0 Å². The third-order valence-corrected chi connectivity index (χ3v) is 7.05. The molecular formula is C17H16N2O4S. The van der Waals surface area contributed by atoms with Gasteiger partial charge >= 0.3 is 0 Å². The fourth-order valence-electron chi connectivity index (χ4n) is 3.64. The van der Waals surface area contributed by atoms with E-state index in [1.165, 1.54) is 6.92 Å². The Hall–Kier alpha value is -2.28. The van der Waals surface area contributed by atoms with E-state index in [4.69, 9.17) is 0 Å². The zero-order valence-corrected chi connectivity index (χ0v) is 14.0. The number of hydrogen-bond acceptors (Lipinski definition) is 5. The summed E-state index contributed by atoms with van der Waals surface area (Å²) in [5.74, 6) is -1.30. The number of nitrogens with zero attached hydrogens (tertiary/aromatic N) is 2. The summed E-state index contributed by atoms with van der Waals surface area (Å²) in [6, 6.07) is 6.68. The Morgan fingerprint density at radius 1 is 1.04 bits per heavy atom. The lowest BCUT2D eigenvalue weighted by atomic mass is 9.87. The van der Waals surface area contributed by atoms with E-state index >= 15 is 0 Å². The van der Waals surface area contributed by atoms with Gasteiger partial charge in [0.2, 0.25) is 11.6 Å². The van der Waals surface area contributed by atoms with Gasteiger partial charge in [-0.2, -0.15) is 9.19 Å². The zero-order chi connectivity index (χ0) is 17.1. The van der Waals surface area contributed by atoms with Crippen LogP contribution < -0.4 is 0 Å². The van der Waals surface area contributed by atoms with Crippen LogP contribution in [0, 0.1) is 6.92 Å². The van der Waals surface area contributed by atoms with E-state index < -0.39 is 26.8 Å². The number of benzene rings is 1. The number of rotatable bonds is 2. The van der Waals surface area contributed by atoms with Crippen LogP contribution in [0.25, 0.3) is 11.3 Å². The first-order chi connectivity index (χ1) is 11.4. The van der Waals surface area contributed by atoms with Crippen LogP contribution in [0.4, 0.5) is 0 Å². The molecule has 0 atom stereocenters. The summed E-state index contributed by atoms with van der Waals surface area (Å²) in [4.78, 5) is 24.8. The largest absolute Gasteiger partial charge is 0.285 e. The van der Waals surface area contributed by atoms with Crippen molar-refractivity contribution in [2.45, 2.75) is 37.9 Å². The lowest BCUT2D eigenvalue weighted by Crippen LogP contribution is -2.27. The third-order valence-electron chi connectivity index (χ3n) is 4.90. The molecule has 1 aromatic carbocycles. The van der Waals surface area contributed by atoms with Crippen LogP contribution in [0.5, 0.6) is 0 Å². The van der Waals surface area contributed by atoms with Crippen molar-refractivity contribution in [3.8, 4) is 11.3 Å². The predicted octanol–water partition coefficient (Wildman–Crippen LogP) is 2.36. The molecule has 1 fully saturated rings. The molecule has 124 valence electrons. The van der Waals surface area contributed by atoms with Crippen molar-refractivity contribution >= 4 is 21.6 Å². The Morgan fingerprint density at radius 2 is 1.67 bits per heavy atom. The van der Waals surface area contributed by atoms with Gasteiger partial charge in [-0.05, 0) is 19.8 Å². The summed E-state index contributed by atoms with van der Waals surface area (Å²) in [5, 5.41) is 3.77. The summed E-state index contributed by atoms with van der Waals surface area (Å²) < 4.78 is 26.7. The van der Waals surface area contributed by atoms with Gasteiger partial charge in [-0.1, -0.05) is 37.1 Å². The van der Waals surface area contributed by atoms with E-state index in [9.17, 15) is 18.0 Å². The van der Waals surface area contributed by atoms with Gasteiger partial charge in [0, 0.05) is 11.1 Å². The first-order valence-corrected chi connectivity index (χ1v) is 9.45. The van der Waals surface area contributed by atoms with Crippen molar-refractivity contribution in [1.29, 1.82) is 0 Å². The smallest absolute Gasteiger partial charge is 0.256 e. The lowest BCUT2D eigenvalue weighted by Gasteiger charge is -2.12. The summed E-state index contributed by atoms with van der Waals surface area (Å²) >= 11 is 0. The number of hydrogen-bond donors (Lipinski definition) is 0. The third kappa shape index (κ3) is 1.94. The minimum absolute atomic E-state index is 0.111. The molecule has 0 saturated heterocycles. The maximum absolute atomic E-state index is 12.9. The van der Waals surface area contributed by atoms with E-state index in [1.807, 2.05) is 0 Å². The molecule has 1 heterocycles. The fraction of sp³-hybridized carbons (Fsp3) is 0.353. The van der Waals surface area contributed by atoms with Crippen LogP contribution in [-0.2, 0) is 10.0 Å². The minimum Gasteiger partial charge on any atom is -0.285 e. The Bertz CT molecular complexity index is 982. The first-order valence-electron chi connectivity index (χ1n) is 7.95. The molecule has 1 saturated carbocycles. The van der Waals surface area contributed by atoms with Crippen molar-refractivity contribution in [1.82, 2.24) is 9.19 Å². The van der Waals surface area contributed by atoms with Crippen LogP contribution in [0.3, 0.4) is 0 Å². The fourth-order valence-corrected chi connectivity index (χ4v) is 5.52. The molecule has 0 unspecified atom stereocenters. The van der Waals surface area contributed by atoms with E-state index in [-0.39, 0.29) is 22.5 Å². The second-order valence-electron chi connectivity index (χ2n) is 6.31. The normalized spacial score (nSPS) is 17.9. The molecule has 6 nitrogen and oxygen atoms in total.